The molecule has 0 atom stereocenters. The van der Waals surface area contributed by atoms with Crippen LogP contribution in [0, 0.1) is 0 Å². The molecule has 2 N–H and O–H groups in total. The minimum Gasteiger partial charge on any atom is -0.497 e. The number of benzene rings is 1. The fourth-order valence-corrected chi connectivity index (χ4v) is 4.58. The summed E-state index contributed by atoms with van der Waals surface area (Å²) in [5, 5.41) is 0. The lowest BCUT2D eigenvalue weighted by atomic mass is 10.00. The normalized spacial score (nSPS) is 13.9. The van der Waals surface area contributed by atoms with Crippen LogP contribution in [0.25, 0.3) is 0 Å². The Morgan fingerprint density at radius 1 is 1.04 bits per heavy atom. The number of rotatable bonds is 3. The molecular weight excluding hydrogens is 416 g/mol. The van der Waals surface area contributed by atoms with E-state index < -0.39 is 5.91 Å². The van der Waals surface area contributed by atoms with Gasteiger partial charge in [-0.25, -0.2) is 0 Å². The van der Waals surface area contributed by atoms with Gasteiger partial charge >= 0.3 is 0 Å². The molecule has 0 fully saturated rings. The van der Waals surface area contributed by atoms with Crippen LogP contribution in [-0.2, 0) is 12.8 Å². The minimum absolute atomic E-state index is 0.283. The maximum atomic E-state index is 12.4. The molecule has 5 nitrogen and oxygen atoms in total. The van der Waals surface area contributed by atoms with Crippen molar-refractivity contribution in [1.82, 2.24) is 10.9 Å². The first kappa shape index (κ1) is 18.9. The number of nitrogens with one attached hydrogen (secondary N) is 2. The Labute approximate surface area is 165 Å². The van der Waals surface area contributed by atoms with Crippen LogP contribution >= 0.6 is 27.3 Å². The number of carbonyl (C=O) groups excluding carboxylic acids is 2. The topological polar surface area (TPSA) is 67.4 Å². The van der Waals surface area contributed by atoms with Crippen molar-refractivity contribution in [3.8, 4) is 5.75 Å². The van der Waals surface area contributed by atoms with E-state index in [0.29, 0.717) is 20.7 Å². The Balaban J connectivity index is 1.65. The second-order valence-corrected chi connectivity index (χ2v) is 8.22. The van der Waals surface area contributed by atoms with E-state index in [1.165, 1.54) is 54.6 Å². The van der Waals surface area contributed by atoms with Crippen LogP contribution in [-0.4, -0.2) is 18.9 Å². The van der Waals surface area contributed by atoms with Crippen LogP contribution in [0.15, 0.2) is 28.7 Å². The maximum Gasteiger partial charge on any atom is 0.279 e. The van der Waals surface area contributed by atoms with E-state index in [1.807, 2.05) is 6.07 Å². The number of amides is 2. The van der Waals surface area contributed by atoms with E-state index in [9.17, 15) is 9.59 Å². The molecule has 0 saturated heterocycles. The molecule has 7 heteroatoms. The van der Waals surface area contributed by atoms with Gasteiger partial charge in [-0.05, 0) is 71.4 Å². The van der Waals surface area contributed by atoms with Crippen LogP contribution in [0.4, 0.5) is 0 Å². The lowest BCUT2D eigenvalue weighted by Gasteiger charge is -2.09. The largest absolute Gasteiger partial charge is 0.497 e. The smallest absolute Gasteiger partial charge is 0.279 e. The highest BCUT2D eigenvalue weighted by atomic mass is 79.9. The molecule has 1 aliphatic rings. The molecule has 2 aromatic rings. The SMILES string of the molecule is COc1ccc(Br)c(C(=O)NNC(=O)c2cc3c(s2)CCCCCC3)c1. The lowest BCUT2D eigenvalue weighted by Crippen LogP contribution is -2.41. The molecule has 138 valence electrons. The van der Waals surface area contributed by atoms with Crippen molar-refractivity contribution in [1.29, 1.82) is 0 Å². The van der Waals surface area contributed by atoms with Crippen LogP contribution in [0.3, 0.4) is 0 Å². The van der Waals surface area contributed by atoms with Gasteiger partial charge in [0, 0.05) is 9.35 Å². The minimum atomic E-state index is -0.404. The van der Waals surface area contributed by atoms with E-state index in [2.05, 4.69) is 26.8 Å². The fourth-order valence-electron chi connectivity index (χ4n) is 3.00. The summed E-state index contributed by atoms with van der Waals surface area (Å²) >= 11 is 4.87. The summed E-state index contributed by atoms with van der Waals surface area (Å²) < 4.78 is 5.76. The summed E-state index contributed by atoms with van der Waals surface area (Å²) in [5.41, 5.74) is 6.66. The quantitative estimate of drug-likeness (QED) is 0.706. The zero-order chi connectivity index (χ0) is 18.5. The number of carbonyl (C=O) groups is 2. The van der Waals surface area contributed by atoms with E-state index >= 15 is 0 Å². The summed E-state index contributed by atoms with van der Waals surface area (Å²) in [7, 11) is 1.54. The third-order valence-electron chi connectivity index (χ3n) is 4.43. The second-order valence-electron chi connectivity index (χ2n) is 6.23. The van der Waals surface area contributed by atoms with E-state index in [-0.39, 0.29) is 5.91 Å². The first-order chi connectivity index (χ1) is 12.6. The van der Waals surface area contributed by atoms with Gasteiger partial charge in [0.25, 0.3) is 11.8 Å². The van der Waals surface area contributed by atoms with Crippen molar-refractivity contribution in [3.63, 3.8) is 0 Å². The number of halogens is 1. The van der Waals surface area contributed by atoms with Crippen LogP contribution in [0.1, 0.15) is 56.2 Å². The molecule has 0 saturated carbocycles. The van der Waals surface area contributed by atoms with Gasteiger partial charge in [0.15, 0.2) is 0 Å². The van der Waals surface area contributed by atoms with Gasteiger partial charge in [-0.2, -0.15) is 0 Å². The molecule has 26 heavy (non-hydrogen) atoms. The molecule has 0 radical (unpaired) electrons. The number of hydrazine groups is 1. The van der Waals surface area contributed by atoms with E-state index in [4.69, 9.17) is 4.74 Å². The molecule has 1 aliphatic carbocycles. The Bertz CT molecular complexity index is 794. The molecule has 0 aliphatic heterocycles. The Morgan fingerprint density at radius 3 is 2.54 bits per heavy atom. The Kier molecular flexibility index (Phi) is 6.32. The Morgan fingerprint density at radius 2 is 1.77 bits per heavy atom. The Hall–Kier alpha value is -1.86. The average Bonchev–Trinajstić information content (AvgIpc) is 3.02. The van der Waals surface area contributed by atoms with Gasteiger partial charge in [-0.1, -0.05) is 12.8 Å². The van der Waals surface area contributed by atoms with Crippen molar-refractivity contribution < 1.29 is 14.3 Å². The summed E-state index contributed by atoms with van der Waals surface area (Å²) in [6, 6.07) is 7.06. The highest BCUT2D eigenvalue weighted by molar-refractivity contribution is 9.10. The predicted octanol–water partition coefficient (Wildman–Crippen LogP) is 4.25. The molecule has 2 amide bonds. The number of fused-ring (bicyclic) bond motifs is 1. The molecule has 0 bridgehead atoms. The second kappa shape index (κ2) is 8.68. The average molecular weight is 437 g/mol. The van der Waals surface area contributed by atoms with Gasteiger partial charge in [0.1, 0.15) is 5.75 Å². The molecule has 0 unspecified atom stereocenters. The molecular formula is C19H21BrN2O3S. The van der Waals surface area contributed by atoms with Crippen molar-refractivity contribution in [2.24, 2.45) is 0 Å². The maximum absolute atomic E-state index is 12.4. The molecule has 1 aromatic carbocycles. The summed E-state index contributed by atoms with van der Waals surface area (Å²) in [5.74, 6) is -0.115. The molecule has 0 spiro atoms. The summed E-state index contributed by atoms with van der Waals surface area (Å²) in [6.07, 6.45) is 6.92. The highest BCUT2D eigenvalue weighted by Crippen LogP contribution is 2.28. The fraction of sp³-hybridized carbons (Fsp3) is 0.368. The third-order valence-corrected chi connectivity index (χ3v) is 6.36. The first-order valence-corrected chi connectivity index (χ1v) is 10.2. The zero-order valence-corrected chi connectivity index (χ0v) is 17.0. The standard InChI is InChI=1S/C19H21BrN2O3S/c1-25-13-8-9-15(20)14(11-13)18(23)21-22-19(24)17-10-12-6-4-2-3-5-7-16(12)26-17/h8-11H,2-7H2,1H3,(H,21,23)(H,22,24). The summed E-state index contributed by atoms with van der Waals surface area (Å²) in [4.78, 5) is 26.7. The van der Waals surface area contributed by atoms with Gasteiger partial charge < -0.3 is 4.74 Å². The highest BCUT2D eigenvalue weighted by Gasteiger charge is 2.17. The van der Waals surface area contributed by atoms with Gasteiger partial charge in [-0.15, -0.1) is 11.3 Å². The zero-order valence-electron chi connectivity index (χ0n) is 14.6. The lowest BCUT2D eigenvalue weighted by molar-refractivity contribution is 0.0848. The molecule has 3 rings (SSSR count). The number of hydrogen-bond acceptors (Lipinski definition) is 4. The number of ether oxygens (including phenoxy) is 1. The molecule has 1 heterocycles. The molecule has 1 aromatic heterocycles. The number of hydrogen-bond donors (Lipinski definition) is 2. The number of methoxy groups -OCH3 is 1. The predicted molar refractivity (Wildman–Crippen MR) is 106 cm³/mol. The van der Waals surface area contributed by atoms with Crippen LogP contribution in [0.5, 0.6) is 5.75 Å². The van der Waals surface area contributed by atoms with Crippen molar-refractivity contribution >= 4 is 39.1 Å². The van der Waals surface area contributed by atoms with Gasteiger partial charge in [-0.3, -0.25) is 20.4 Å². The summed E-state index contributed by atoms with van der Waals surface area (Å²) in [6.45, 7) is 0. The first-order valence-electron chi connectivity index (χ1n) is 8.64. The number of aryl methyl sites for hydroxylation is 2. The van der Waals surface area contributed by atoms with E-state index in [0.717, 1.165) is 12.8 Å². The third kappa shape index (κ3) is 4.45. The number of thiophene rings is 1. The van der Waals surface area contributed by atoms with Crippen LogP contribution in [0.2, 0.25) is 0 Å². The van der Waals surface area contributed by atoms with Crippen molar-refractivity contribution in [2.45, 2.75) is 38.5 Å². The monoisotopic (exact) mass is 436 g/mol. The van der Waals surface area contributed by atoms with Crippen molar-refractivity contribution in [2.75, 3.05) is 7.11 Å². The van der Waals surface area contributed by atoms with E-state index in [1.54, 1.807) is 18.2 Å². The van der Waals surface area contributed by atoms with Gasteiger partial charge in [0.05, 0.1) is 17.6 Å². The van der Waals surface area contributed by atoms with Crippen LogP contribution < -0.4 is 15.6 Å². The van der Waals surface area contributed by atoms with Gasteiger partial charge in [0.2, 0.25) is 0 Å². The van der Waals surface area contributed by atoms with Crippen molar-refractivity contribution in [3.05, 3.63) is 49.6 Å².